The first-order chi connectivity index (χ1) is 22.0. The summed E-state index contributed by atoms with van der Waals surface area (Å²) in [5.74, 6) is 1.27. The lowest BCUT2D eigenvalue weighted by Crippen LogP contribution is -2.75. The molecule has 5 heterocycles. The molecule has 4 aliphatic rings. The van der Waals surface area contributed by atoms with E-state index in [0.29, 0.717) is 29.0 Å². The molecule has 0 radical (unpaired) electrons. The number of para-hydroxylation sites is 1. The fraction of sp³-hybridized carbons (Fsp3) is 0.395. The van der Waals surface area contributed by atoms with Crippen molar-refractivity contribution in [2.45, 2.75) is 55.6 Å². The number of phenolic OH excluding ortho intramolecular Hbond substituents is 1. The minimum atomic E-state index is -0.507. The van der Waals surface area contributed by atoms with Crippen LogP contribution in [-0.2, 0) is 16.8 Å². The molecule has 4 saturated heterocycles. The van der Waals surface area contributed by atoms with Crippen LogP contribution < -0.4 is 4.90 Å². The van der Waals surface area contributed by atoms with Gasteiger partial charge in [-0.1, -0.05) is 72.8 Å². The van der Waals surface area contributed by atoms with E-state index >= 15 is 4.79 Å². The molecule has 4 fully saturated rings. The number of benzene rings is 3. The van der Waals surface area contributed by atoms with Crippen LogP contribution in [-0.4, -0.2) is 75.2 Å². The molecule has 8 rings (SSSR count). The fourth-order valence-corrected chi connectivity index (χ4v) is 8.94. The first kappa shape index (κ1) is 28.4. The van der Waals surface area contributed by atoms with Gasteiger partial charge in [0, 0.05) is 50.9 Å². The second kappa shape index (κ2) is 11.4. The van der Waals surface area contributed by atoms with E-state index in [4.69, 9.17) is 0 Å². The number of nitrogens with zero attached hydrogens (tertiary/aromatic N) is 5. The number of carbonyl (C=O) groups excluding carboxylic acids is 1. The van der Waals surface area contributed by atoms with E-state index in [2.05, 4.69) is 85.6 Å². The van der Waals surface area contributed by atoms with E-state index in [9.17, 15) is 5.11 Å². The number of hydrogen-bond acceptors (Lipinski definition) is 7. The van der Waals surface area contributed by atoms with Crippen molar-refractivity contribution in [3.8, 4) is 17.0 Å². The monoisotopic (exact) mass is 599 g/mol. The Kier molecular flexibility index (Phi) is 7.18. The smallest absolute Gasteiger partial charge is 0.163 e. The third-order valence-corrected chi connectivity index (χ3v) is 11.2. The van der Waals surface area contributed by atoms with E-state index in [-0.39, 0.29) is 11.3 Å². The van der Waals surface area contributed by atoms with Gasteiger partial charge in [-0.05, 0) is 67.3 Å². The average molecular weight is 600 g/mol. The standard InChI is InChI=1S/C38H41N5O2/c44-35-14-8-7-13-33(35)34-21-31(23-39-40-34)42-19-17-37(18-20-42,30-11-5-2-6-12-30)36(45)38-16-15-29-25-41(24-28-9-3-1-4-10-28)27-32(22-38)43(38)26-29/h1-14,21,23,29,32,44H,15-20,22,24-27H2. The Balaban J connectivity index is 1.04. The summed E-state index contributed by atoms with van der Waals surface area (Å²) < 4.78 is 0. The van der Waals surface area contributed by atoms with Crippen LogP contribution in [0.1, 0.15) is 43.2 Å². The maximum absolute atomic E-state index is 15.2. The zero-order valence-electron chi connectivity index (χ0n) is 25.8. The highest BCUT2D eigenvalue weighted by atomic mass is 16.3. The van der Waals surface area contributed by atoms with Crippen LogP contribution in [0, 0.1) is 5.92 Å². The van der Waals surface area contributed by atoms with Gasteiger partial charge < -0.3 is 10.0 Å². The number of rotatable bonds is 7. The Bertz CT molecular complexity index is 1670. The van der Waals surface area contributed by atoms with Crippen molar-refractivity contribution in [2.24, 2.45) is 5.92 Å². The highest BCUT2D eigenvalue weighted by Crippen LogP contribution is 2.53. The molecule has 7 heteroatoms. The predicted octanol–water partition coefficient (Wildman–Crippen LogP) is 5.70. The van der Waals surface area contributed by atoms with Gasteiger partial charge in [-0.15, -0.1) is 0 Å². The van der Waals surface area contributed by atoms with Gasteiger partial charge in [-0.25, -0.2) is 0 Å². The summed E-state index contributed by atoms with van der Waals surface area (Å²) in [4.78, 5) is 22.8. The molecule has 3 unspecified atom stereocenters. The molecule has 4 aromatic rings. The minimum absolute atomic E-state index is 0.195. The molecule has 4 aliphatic heterocycles. The number of aromatic hydroxyl groups is 1. The SMILES string of the molecule is O=C(C1(c2ccccc2)CCN(c2cnnc(-c3ccccc3O)c2)CC1)C12CCC3CN(Cc4ccccc4)CC(C1)N2C3. The highest BCUT2D eigenvalue weighted by Gasteiger charge is 2.64. The van der Waals surface area contributed by atoms with Crippen molar-refractivity contribution in [2.75, 3.05) is 37.6 Å². The third-order valence-electron chi connectivity index (χ3n) is 11.2. The van der Waals surface area contributed by atoms with Crippen molar-refractivity contribution in [3.63, 3.8) is 0 Å². The summed E-state index contributed by atoms with van der Waals surface area (Å²) in [7, 11) is 0. The summed E-state index contributed by atoms with van der Waals surface area (Å²) in [6, 6.07) is 31.1. The molecule has 2 bridgehead atoms. The number of ketones is 1. The molecule has 3 aromatic carbocycles. The predicted molar refractivity (Wildman–Crippen MR) is 176 cm³/mol. The van der Waals surface area contributed by atoms with Crippen LogP contribution in [0.4, 0.5) is 5.69 Å². The number of aromatic nitrogens is 2. The fourth-order valence-electron chi connectivity index (χ4n) is 8.94. The van der Waals surface area contributed by atoms with Gasteiger partial charge in [0.1, 0.15) is 5.75 Å². The number of piperidine rings is 2. The largest absolute Gasteiger partial charge is 0.507 e. The Hall–Kier alpha value is -4.07. The summed E-state index contributed by atoms with van der Waals surface area (Å²) in [5, 5.41) is 19.0. The van der Waals surface area contributed by atoms with Crippen LogP contribution in [0.5, 0.6) is 5.75 Å². The number of Topliss-reactive ketones (excluding diaryl/α,β-unsaturated/α-hetero) is 1. The van der Waals surface area contributed by atoms with Crippen molar-refractivity contribution < 1.29 is 9.90 Å². The zero-order valence-corrected chi connectivity index (χ0v) is 25.8. The first-order valence-corrected chi connectivity index (χ1v) is 16.5. The Labute approximate surface area is 265 Å². The van der Waals surface area contributed by atoms with E-state index in [0.717, 1.165) is 82.6 Å². The van der Waals surface area contributed by atoms with Crippen molar-refractivity contribution in [3.05, 3.63) is 108 Å². The number of hydrogen-bond donors (Lipinski definition) is 1. The second-order valence-corrected chi connectivity index (χ2v) is 13.7. The molecular formula is C38H41N5O2. The quantitative estimate of drug-likeness (QED) is 0.292. The second-order valence-electron chi connectivity index (χ2n) is 13.7. The molecule has 0 amide bonds. The Morgan fingerprint density at radius 1 is 0.867 bits per heavy atom. The lowest BCUT2D eigenvalue weighted by Gasteiger charge is -2.62. The van der Waals surface area contributed by atoms with E-state index in [1.165, 1.54) is 5.56 Å². The van der Waals surface area contributed by atoms with Gasteiger partial charge in [0.15, 0.2) is 5.78 Å². The van der Waals surface area contributed by atoms with Gasteiger partial charge in [0.2, 0.25) is 0 Å². The number of carbonyl (C=O) groups is 1. The summed E-state index contributed by atoms with van der Waals surface area (Å²) >= 11 is 0. The van der Waals surface area contributed by atoms with Crippen LogP contribution >= 0.6 is 0 Å². The molecule has 0 saturated carbocycles. The normalized spacial score (nSPS) is 26.1. The Morgan fingerprint density at radius 3 is 2.38 bits per heavy atom. The Morgan fingerprint density at radius 2 is 1.60 bits per heavy atom. The van der Waals surface area contributed by atoms with Crippen LogP contribution in [0.3, 0.4) is 0 Å². The molecule has 1 N–H and O–H groups in total. The average Bonchev–Trinajstić information content (AvgIpc) is 3.13. The lowest BCUT2D eigenvalue weighted by atomic mass is 9.57. The summed E-state index contributed by atoms with van der Waals surface area (Å²) in [6.45, 7) is 5.71. The molecule has 3 atom stereocenters. The van der Waals surface area contributed by atoms with Crippen LogP contribution in [0.15, 0.2) is 97.2 Å². The number of anilines is 1. The van der Waals surface area contributed by atoms with Gasteiger partial charge in [-0.3, -0.25) is 14.6 Å². The molecule has 1 aromatic heterocycles. The van der Waals surface area contributed by atoms with Crippen molar-refractivity contribution in [1.29, 1.82) is 0 Å². The summed E-state index contributed by atoms with van der Waals surface area (Å²) in [5.41, 5.74) is 3.98. The van der Waals surface area contributed by atoms with Gasteiger partial charge in [-0.2, -0.15) is 10.2 Å². The molecular weight excluding hydrogens is 558 g/mol. The topological polar surface area (TPSA) is 72.8 Å². The van der Waals surface area contributed by atoms with Crippen molar-refractivity contribution in [1.82, 2.24) is 20.0 Å². The lowest BCUT2D eigenvalue weighted by molar-refractivity contribution is -0.164. The van der Waals surface area contributed by atoms with Crippen LogP contribution in [0.2, 0.25) is 0 Å². The molecule has 45 heavy (non-hydrogen) atoms. The minimum Gasteiger partial charge on any atom is -0.507 e. The number of fused-ring (bicyclic) bond motifs is 1. The zero-order chi connectivity index (χ0) is 30.4. The third kappa shape index (κ3) is 4.93. The number of phenols is 1. The molecule has 230 valence electrons. The highest BCUT2D eigenvalue weighted by molar-refractivity contribution is 5.99. The van der Waals surface area contributed by atoms with Gasteiger partial charge >= 0.3 is 0 Å². The molecule has 7 nitrogen and oxygen atoms in total. The first-order valence-electron chi connectivity index (χ1n) is 16.5. The maximum atomic E-state index is 15.2. The van der Waals surface area contributed by atoms with Crippen LogP contribution in [0.25, 0.3) is 11.3 Å². The molecule has 0 aliphatic carbocycles. The molecule has 0 spiro atoms. The van der Waals surface area contributed by atoms with E-state index in [1.54, 1.807) is 12.3 Å². The van der Waals surface area contributed by atoms with E-state index < -0.39 is 5.41 Å². The maximum Gasteiger partial charge on any atom is 0.163 e. The van der Waals surface area contributed by atoms with Gasteiger partial charge in [0.05, 0.1) is 28.5 Å². The van der Waals surface area contributed by atoms with Crippen molar-refractivity contribution >= 4 is 11.5 Å². The van der Waals surface area contributed by atoms with E-state index in [1.807, 2.05) is 24.3 Å². The van der Waals surface area contributed by atoms with Gasteiger partial charge in [0.25, 0.3) is 0 Å². The summed E-state index contributed by atoms with van der Waals surface area (Å²) in [6.07, 6.45) is 6.41.